The van der Waals surface area contributed by atoms with E-state index in [9.17, 15) is 13.2 Å². The van der Waals surface area contributed by atoms with Gasteiger partial charge in [0.2, 0.25) is 10.0 Å². The van der Waals surface area contributed by atoms with Crippen molar-refractivity contribution in [2.45, 2.75) is 56.0 Å². The lowest BCUT2D eigenvalue weighted by Gasteiger charge is -2.12. The molecule has 174 valence electrons. The summed E-state index contributed by atoms with van der Waals surface area (Å²) < 4.78 is 26.8. The molecule has 8 heteroatoms. The Bertz CT molecular complexity index is 1220. The Labute approximate surface area is 200 Å². The Morgan fingerprint density at radius 1 is 1.03 bits per heavy atom. The zero-order chi connectivity index (χ0) is 24.0. The highest BCUT2D eigenvalue weighted by Gasteiger charge is 2.15. The molecule has 0 aliphatic carbocycles. The Kier molecular flexibility index (Phi) is 8.29. The molecule has 0 spiro atoms. The smallest absolute Gasteiger partial charge is 0.254 e. The maximum atomic E-state index is 12.9. The van der Waals surface area contributed by atoms with Gasteiger partial charge >= 0.3 is 0 Å². The first-order valence-corrected chi connectivity index (χ1v) is 13.2. The molecule has 6 nitrogen and oxygen atoms in total. The van der Waals surface area contributed by atoms with Gasteiger partial charge in [0.05, 0.1) is 11.3 Å². The van der Waals surface area contributed by atoms with E-state index in [4.69, 9.17) is 0 Å². The van der Waals surface area contributed by atoms with E-state index in [-0.39, 0.29) is 17.7 Å². The van der Waals surface area contributed by atoms with Gasteiger partial charge < -0.3 is 5.32 Å². The van der Waals surface area contributed by atoms with Crippen molar-refractivity contribution in [3.63, 3.8) is 0 Å². The number of sulfonamides is 1. The summed E-state index contributed by atoms with van der Waals surface area (Å²) in [6.45, 7) is 7.99. The van der Waals surface area contributed by atoms with Crippen molar-refractivity contribution in [3.05, 3.63) is 88.6 Å². The molecule has 1 heterocycles. The van der Waals surface area contributed by atoms with E-state index in [0.717, 1.165) is 21.6 Å². The fraction of sp³-hybridized carbons (Fsp3) is 0.280. The van der Waals surface area contributed by atoms with Gasteiger partial charge in [0.25, 0.3) is 5.91 Å². The minimum Gasteiger partial charge on any atom is -0.348 e. The Morgan fingerprint density at radius 3 is 2.42 bits per heavy atom. The largest absolute Gasteiger partial charge is 0.348 e. The van der Waals surface area contributed by atoms with Crippen LogP contribution in [0.15, 0.2) is 70.7 Å². The van der Waals surface area contributed by atoms with Gasteiger partial charge in [-0.15, -0.1) is 0 Å². The molecule has 0 atom stereocenters. The Morgan fingerprint density at radius 2 is 1.73 bits per heavy atom. The topological polar surface area (TPSA) is 88.2 Å². The van der Waals surface area contributed by atoms with E-state index in [1.807, 2.05) is 26.0 Å². The Hall–Kier alpha value is -2.68. The molecular formula is C25H29N3O3S2. The number of nitrogens with zero attached hydrogens (tertiary/aromatic N) is 1. The van der Waals surface area contributed by atoms with Crippen molar-refractivity contribution in [2.75, 3.05) is 0 Å². The molecule has 0 fully saturated rings. The van der Waals surface area contributed by atoms with E-state index in [1.54, 1.807) is 44.3 Å². The number of aromatic nitrogens is 1. The van der Waals surface area contributed by atoms with Gasteiger partial charge in [0.15, 0.2) is 0 Å². The molecule has 0 unspecified atom stereocenters. The van der Waals surface area contributed by atoms with E-state index >= 15 is 0 Å². The standard InChI is InChI=1S/C25H29N3O3S2/c1-17(2)28-33(30,31)16-21-11-9-20(10-12-21)15-27-24(29)22-6-5-13-26-25(22)32-23-14-18(3)7-8-19(23)4/h5-14,17,28H,15-16H2,1-4H3,(H,27,29). The molecule has 3 rings (SSSR count). The highest BCUT2D eigenvalue weighted by Crippen LogP contribution is 2.31. The maximum absolute atomic E-state index is 12.9. The number of aryl methyl sites for hydroxylation is 2. The minimum absolute atomic E-state index is 0.0769. The third-order valence-electron chi connectivity index (χ3n) is 4.81. The first-order valence-electron chi connectivity index (χ1n) is 10.7. The monoisotopic (exact) mass is 483 g/mol. The summed E-state index contributed by atoms with van der Waals surface area (Å²) >= 11 is 1.48. The average Bonchev–Trinajstić information content (AvgIpc) is 2.75. The van der Waals surface area contributed by atoms with E-state index in [0.29, 0.717) is 22.7 Å². The summed E-state index contributed by atoms with van der Waals surface area (Å²) in [5.41, 5.74) is 4.38. The van der Waals surface area contributed by atoms with Gasteiger partial charge in [-0.2, -0.15) is 0 Å². The number of rotatable bonds is 9. The zero-order valence-electron chi connectivity index (χ0n) is 19.3. The summed E-state index contributed by atoms with van der Waals surface area (Å²) in [4.78, 5) is 18.4. The normalized spacial score (nSPS) is 11.5. The van der Waals surface area contributed by atoms with Gasteiger partial charge in [-0.25, -0.2) is 18.1 Å². The number of nitrogens with one attached hydrogen (secondary N) is 2. The van der Waals surface area contributed by atoms with Gasteiger partial charge in [-0.1, -0.05) is 48.2 Å². The summed E-state index contributed by atoms with van der Waals surface area (Å²) in [6, 6.07) is 16.8. The number of amides is 1. The predicted molar refractivity (Wildman–Crippen MR) is 133 cm³/mol. The highest BCUT2D eigenvalue weighted by molar-refractivity contribution is 7.99. The summed E-state index contributed by atoms with van der Waals surface area (Å²) in [7, 11) is -3.37. The van der Waals surface area contributed by atoms with Crippen LogP contribution in [0, 0.1) is 13.8 Å². The summed E-state index contributed by atoms with van der Waals surface area (Å²) in [6.07, 6.45) is 1.69. The van der Waals surface area contributed by atoms with E-state index in [2.05, 4.69) is 33.2 Å². The van der Waals surface area contributed by atoms with Crippen LogP contribution >= 0.6 is 11.8 Å². The molecule has 1 amide bonds. The minimum atomic E-state index is -3.37. The van der Waals surface area contributed by atoms with Crippen LogP contribution in [-0.4, -0.2) is 25.4 Å². The number of benzene rings is 2. The first kappa shape index (κ1) is 25.0. The van der Waals surface area contributed by atoms with Crippen LogP contribution in [-0.2, 0) is 22.3 Å². The number of pyridine rings is 1. The van der Waals surface area contributed by atoms with Crippen molar-refractivity contribution < 1.29 is 13.2 Å². The van der Waals surface area contributed by atoms with Crippen LogP contribution in [0.5, 0.6) is 0 Å². The van der Waals surface area contributed by atoms with Crippen LogP contribution in [0.2, 0.25) is 0 Å². The molecule has 33 heavy (non-hydrogen) atoms. The average molecular weight is 484 g/mol. The molecule has 0 radical (unpaired) electrons. The SMILES string of the molecule is Cc1ccc(C)c(Sc2ncccc2C(=O)NCc2ccc(CS(=O)(=O)NC(C)C)cc2)c1. The number of hydrogen-bond acceptors (Lipinski definition) is 5. The lowest BCUT2D eigenvalue weighted by atomic mass is 10.1. The molecule has 3 aromatic rings. The van der Waals surface area contributed by atoms with Crippen LogP contribution in [0.1, 0.15) is 46.5 Å². The highest BCUT2D eigenvalue weighted by atomic mass is 32.2. The van der Waals surface area contributed by atoms with Crippen molar-refractivity contribution in [1.29, 1.82) is 0 Å². The zero-order valence-corrected chi connectivity index (χ0v) is 20.9. The first-order chi connectivity index (χ1) is 15.6. The maximum Gasteiger partial charge on any atom is 0.254 e. The molecular weight excluding hydrogens is 454 g/mol. The lowest BCUT2D eigenvalue weighted by molar-refractivity contribution is 0.0947. The fourth-order valence-corrected chi connectivity index (χ4v) is 5.72. The van der Waals surface area contributed by atoms with Crippen LogP contribution in [0.25, 0.3) is 0 Å². The second-order valence-corrected chi connectivity index (χ2v) is 11.0. The lowest BCUT2D eigenvalue weighted by Crippen LogP contribution is -2.31. The van der Waals surface area contributed by atoms with Crippen molar-refractivity contribution >= 4 is 27.7 Å². The number of hydrogen-bond donors (Lipinski definition) is 2. The van der Waals surface area contributed by atoms with Crippen LogP contribution in [0.4, 0.5) is 0 Å². The second kappa shape index (κ2) is 11.0. The van der Waals surface area contributed by atoms with Gasteiger partial charge in [0.1, 0.15) is 5.03 Å². The third kappa shape index (κ3) is 7.42. The number of carbonyl (C=O) groups excluding carboxylic acids is 1. The Balaban J connectivity index is 1.65. The van der Waals surface area contributed by atoms with Crippen LogP contribution < -0.4 is 10.0 Å². The van der Waals surface area contributed by atoms with Crippen molar-refractivity contribution in [3.8, 4) is 0 Å². The predicted octanol–water partition coefficient (Wildman–Crippen LogP) is 4.61. The molecule has 2 aromatic carbocycles. The van der Waals surface area contributed by atoms with Gasteiger partial charge in [-0.3, -0.25) is 4.79 Å². The number of carbonyl (C=O) groups is 1. The fourth-order valence-electron chi connectivity index (χ4n) is 3.22. The third-order valence-corrected chi connectivity index (χ3v) is 7.54. The van der Waals surface area contributed by atoms with E-state index in [1.165, 1.54) is 11.8 Å². The summed E-state index contributed by atoms with van der Waals surface area (Å²) in [5, 5.41) is 3.59. The molecule has 0 bridgehead atoms. The summed E-state index contributed by atoms with van der Waals surface area (Å²) in [5.74, 6) is -0.282. The molecule has 0 aliphatic heterocycles. The molecule has 2 N–H and O–H groups in total. The molecule has 0 saturated carbocycles. The van der Waals surface area contributed by atoms with Gasteiger partial charge in [-0.05, 0) is 68.1 Å². The van der Waals surface area contributed by atoms with Crippen molar-refractivity contribution in [2.24, 2.45) is 0 Å². The second-order valence-electron chi connectivity index (χ2n) is 8.26. The molecule has 0 saturated heterocycles. The van der Waals surface area contributed by atoms with Crippen molar-refractivity contribution in [1.82, 2.24) is 15.0 Å². The quantitative estimate of drug-likeness (QED) is 0.464. The van der Waals surface area contributed by atoms with E-state index < -0.39 is 10.0 Å². The molecule has 0 aliphatic rings. The van der Waals surface area contributed by atoms with Crippen LogP contribution in [0.3, 0.4) is 0 Å². The van der Waals surface area contributed by atoms with Gasteiger partial charge in [0, 0.05) is 23.7 Å². The molecule has 1 aromatic heterocycles.